The van der Waals surface area contributed by atoms with Gasteiger partial charge in [-0.3, -0.25) is 4.90 Å². The number of aryl methyl sites for hydroxylation is 1. The molecule has 1 aromatic carbocycles. The molecule has 1 atom stereocenters. The third-order valence-corrected chi connectivity index (χ3v) is 5.30. The van der Waals surface area contributed by atoms with Gasteiger partial charge < -0.3 is 15.0 Å². The summed E-state index contributed by atoms with van der Waals surface area (Å²) in [6.07, 6.45) is 2.60. The molecule has 2 fully saturated rings. The lowest BCUT2D eigenvalue weighted by Gasteiger charge is -2.35. The predicted molar refractivity (Wildman–Crippen MR) is 108 cm³/mol. The Balaban J connectivity index is 1.33. The summed E-state index contributed by atoms with van der Waals surface area (Å²) in [5.74, 6) is 2.74. The second-order valence-electron chi connectivity index (χ2n) is 7.42. The van der Waals surface area contributed by atoms with Crippen molar-refractivity contribution in [2.24, 2.45) is 0 Å². The molecule has 0 amide bonds. The lowest BCUT2D eigenvalue weighted by molar-refractivity contribution is 0.120. The summed E-state index contributed by atoms with van der Waals surface area (Å²) in [5, 5.41) is 3.44. The number of benzene rings is 1. The smallest absolute Gasteiger partial charge is 0.134 e. The first-order valence-corrected chi connectivity index (χ1v) is 9.99. The van der Waals surface area contributed by atoms with E-state index >= 15 is 0 Å². The van der Waals surface area contributed by atoms with Crippen LogP contribution in [0.3, 0.4) is 0 Å². The van der Waals surface area contributed by atoms with E-state index in [4.69, 9.17) is 4.74 Å². The van der Waals surface area contributed by atoms with E-state index in [1.54, 1.807) is 0 Å². The van der Waals surface area contributed by atoms with Crippen molar-refractivity contribution in [1.82, 2.24) is 14.9 Å². The molecule has 2 aromatic rings. The third kappa shape index (κ3) is 4.96. The molecular weight excluding hydrogens is 338 g/mol. The molecule has 1 aromatic heterocycles. The number of hydrogen-bond donors (Lipinski definition) is 1. The van der Waals surface area contributed by atoms with Crippen LogP contribution in [0.5, 0.6) is 0 Å². The van der Waals surface area contributed by atoms with Gasteiger partial charge in [-0.2, -0.15) is 0 Å². The Kier molecular flexibility index (Phi) is 5.84. The first-order valence-electron chi connectivity index (χ1n) is 9.99. The molecule has 0 radical (unpaired) electrons. The van der Waals surface area contributed by atoms with Crippen LogP contribution in [0.1, 0.15) is 24.2 Å². The summed E-state index contributed by atoms with van der Waals surface area (Å²) in [6.45, 7) is 8.78. The van der Waals surface area contributed by atoms with Gasteiger partial charge in [0.1, 0.15) is 17.5 Å². The Labute approximate surface area is 161 Å². The molecule has 144 valence electrons. The van der Waals surface area contributed by atoms with Crippen molar-refractivity contribution in [3.05, 3.63) is 47.8 Å². The first-order chi connectivity index (χ1) is 13.3. The van der Waals surface area contributed by atoms with E-state index in [9.17, 15) is 0 Å². The van der Waals surface area contributed by atoms with E-state index in [0.717, 1.165) is 76.2 Å². The van der Waals surface area contributed by atoms with Crippen LogP contribution in [0.4, 0.5) is 11.6 Å². The van der Waals surface area contributed by atoms with Gasteiger partial charge in [-0.05, 0) is 25.3 Å². The summed E-state index contributed by atoms with van der Waals surface area (Å²) in [5.41, 5.74) is 1.38. The Morgan fingerprint density at radius 2 is 1.93 bits per heavy atom. The number of ether oxygens (including phenoxy) is 1. The van der Waals surface area contributed by atoms with Crippen LogP contribution in [0.25, 0.3) is 0 Å². The number of anilines is 2. The largest absolute Gasteiger partial charge is 0.376 e. The standard InChI is InChI=1S/C21H29N5O/c1-17-23-20(22-15-19-8-5-13-27-19)14-21(24-17)26-11-9-25(10-12-26)16-18-6-3-2-4-7-18/h2-4,6-7,14,19H,5,8-13,15-16H2,1H3,(H,22,23,24). The molecule has 2 aliphatic rings. The fourth-order valence-electron chi connectivity index (χ4n) is 3.80. The highest BCUT2D eigenvalue weighted by atomic mass is 16.5. The number of piperazine rings is 1. The Morgan fingerprint density at radius 3 is 2.67 bits per heavy atom. The van der Waals surface area contributed by atoms with Crippen LogP contribution in [0.2, 0.25) is 0 Å². The van der Waals surface area contributed by atoms with E-state index in [1.165, 1.54) is 5.56 Å². The van der Waals surface area contributed by atoms with Gasteiger partial charge >= 0.3 is 0 Å². The van der Waals surface area contributed by atoms with Crippen molar-refractivity contribution in [1.29, 1.82) is 0 Å². The zero-order chi connectivity index (χ0) is 18.5. The lowest BCUT2D eigenvalue weighted by atomic mass is 10.2. The molecule has 2 aliphatic heterocycles. The van der Waals surface area contributed by atoms with Crippen LogP contribution in [0.15, 0.2) is 36.4 Å². The van der Waals surface area contributed by atoms with Crippen LogP contribution < -0.4 is 10.2 Å². The molecule has 27 heavy (non-hydrogen) atoms. The maximum Gasteiger partial charge on any atom is 0.134 e. The number of hydrogen-bond acceptors (Lipinski definition) is 6. The number of aromatic nitrogens is 2. The van der Waals surface area contributed by atoms with Crippen molar-refractivity contribution in [3.63, 3.8) is 0 Å². The molecule has 0 bridgehead atoms. The van der Waals surface area contributed by atoms with Gasteiger partial charge in [-0.1, -0.05) is 30.3 Å². The zero-order valence-electron chi connectivity index (χ0n) is 16.1. The van der Waals surface area contributed by atoms with E-state index < -0.39 is 0 Å². The average Bonchev–Trinajstić information content (AvgIpc) is 3.21. The highest BCUT2D eigenvalue weighted by molar-refractivity contribution is 5.49. The van der Waals surface area contributed by atoms with E-state index in [-0.39, 0.29) is 0 Å². The molecule has 2 saturated heterocycles. The van der Waals surface area contributed by atoms with Gasteiger partial charge in [-0.25, -0.2) is 9.97 Å². The van der Waals surface area contributed by atoms with Gasteiger partial charge in [0.25, 0.3) is 0 Å². The summed E-state index contributed by atoms with van der Waals surface area (Å²) in [6, 6.07) is 12.8. The van der Waals surface area contributed by atoms with Gasteiger partial charge in [0.2, 0.25) is 0 Å². The summed E-state index contributed by atoms with van der Waals surface area (Å²) < 4.78 is 5.69. The lowest BCUT2D eigenvalue weighted by Crippen LogP contribution is -2.46. The Morgan fingerprint density at radius 1 is 1.11 bits per heavy atom. The molecule has 4 rings (SSSR count). The van der Waals surface area contributed by atoms with Gasteiger partial charge in [-0.15, -0.1) is 0 Å². The Bertz CT molecular complexity index is 725. The van der Waals surface area contributed by atoms with Gasteiger partial charge in [0, 0.05) is 51.9 Å². The molecule has 6 nitrogen and oxygen atoms in total. The fraction of sp³-hybridized carbons (Fsp3) is 0.524. The summed E-state index contributed by atoms with van der Waals surface area (Å²) in [4.78, 5) is 14.1. The van der Waals surface area contributed by atoms with Crippen molar-refractivity contribution in [2.75, 3.05) is 49.5 Å². The molecule has 1 unspecified atom stereocenters. The van der Waals surface area contributed by atoms with Crippen LogP contribution in [-0.2, 0) is 11.3 Å². The number of rotatable bonds is 6. The molecule has 0 saturated carbocycles. The SMILES string of the molecule is Cc1nc(NCC2CCCO2)cc(N2CCN(Cc3ccccc3)CC2)n1. The normalized spacial score (nSPS) is 20.8. The van der Waals surface area contributed by atoms with Crippen molar-refractivity contribution in [2.45, 2.75) is 32.4 Å². The number of nitrogens with one attached hydrogen (secondary N) is 1. The Hall–Kier alpha value is -2.18. The maximum atomic E-state index is 5.69. The molecule has 3 heterocycles. The van der Waals surface area contributed by atoms with E-state index in [2.05, 4.69) is 61.5 Å². The zero-order valence-corrected chi connectivity index (χ0v) is 16.1. The summed E-state index contributed by atoms with van der Waals surface area (Å²) in [7, 11) is 0. The van der Waals surface area contributed by atoms with E-state index in [0.29, 0.717) is 6.10 Å². The van der Waals surface area contributed by atoms with Crippen molar-refractivity contribution in [3.8, 4) is 0 Å². The van der Waals surface area contributed by atoms with Crippen molar-refractivity contribution >= 4 is 11.6 Å². The number of nitrogens with zero attached hydrogens (tertiary/aromatic N) is 4. The summed E-state index contributed by atoms with van der Waals surface area (Å²) >= 11 is 0. The minimum Gasteiger partial charge on any atom is -0.376 e. The molecular formula is C21H29N5O. The fourth-order valence-corrected chi connectivity index (χ4v) is 3.80. The molecule has 0 spiro atoms. The van der Waals surface area contributed by atoms with E-state index in [1.807, 2.05) is 6.92 Å². The molecule has 6 heteroatoms. The predicted octanol–water partition coefficient (Wildman–Crippen LogP) is 2.70. The maximum absolute atomic E-state index is 5.69. The monoisotopic (exact) mass is 367 g/mol. The van der Waals surface area contributed by atoms with Gasteiger partial charge in [0.05, 0.1) is 6.10 Å². The van der Waals surface area contributed by atoms with Crippen molar-refractivity contribution < 1.29 is 4.74 Å². The first kappa shape index (κ1) is 18.2. The quantitative estimate of drug-likeness (QED) is 0.847. The molecule has 0 aliphatic carbocycles. The second-order valence-corrected chi connectivity index (χ2v) is 7.42. The topological polar surface area (TPSA) is 53.5 Å². The third-order valence-electron chi connectivity index (χ3n) is 5.30. The average molecular weight is 367 g/mol. The van der Waals surface area contributed by atoms with Gasteiger partial charge in [0.15, 0.2) is 0 Å². The highest BCUT2D eigenvalue weighted by Gasteiger charge is 2.20. The van der Waals surface area contributed by atoms with Crippen LogP contribution in [-0.4, -0.2) is 60.3 Å². The minimum absolute atomic E-state index is 0.310. The van der Waals surface area contributed by atoms with Crippen LogP contribution >= 0.6 is 0 Å². The molecule has 1 N–H and O–H groups in total. The highest BCUT2D eigenvalue weighted by Crippen LogP contribution is 2.19. The minimum atomic E-state index is 0.310. The van der Waals surface area contributed by atoms with Crippen LogP contribution in [0, 0.1) is 6.92 Å². The second kappa shape index (κ2) is 8.67.